The number of hydrogen-bond acceptors (Lipinski definition) is 5. The molecule has 0 radical (unpaired) electrons. The van der Waals surface area contributed by atoms with Crippen molar-refractivity contribution >= 4 is 29.5 Å². The van der Waals surface area contributed by atoms with E-state index in [-0.39, 0.29) is 30.2 Å². The number of fused-ring (bicyclic) bond motifs is 1. The number of rotatable bonds is 14. The van der Waals surface area contributed by atoms with Gasteiger partial charge in [0.15, 0.2) is 0 Å². The van der Waals surface area contributed by atoms with E-state index >= 15 is 0 Å². The van der Waals surface area contributed by atoms with Crippen LogP contribution in [0.5, 0.6) is 0 Å². The van der Waals surface area contributed by atoms with Crippen molar-refractivity contribution in [3.05, 3.63) is 61.2 Å². The lowest BCUT2D eigenvalue weighted by atomic mass is 9.66. The third-order valence-corrected chi connectivity index (χ3v) is 11.3. The van der Waals surface area contributed by atoms with Gasteiger partial charge in [0.05, 0.1) is 29.2 Å². The van der Waals surface area contributed by atoms with Crippen molar-refractivity contribution in [2.24, 2.45) is 17.8 Å². The van der Waals surface area contributed by atoms with Crippen LogP contribution in [0.1, 0.15) is 58.9 Å². The first-order valence-corrected chi connectivity index (χ1v) is 15.9. The second-order valence-electron chi connectivity index (χ2n) is 12.4. The van der Waals surface area contributed by atoms with Gasteiger partial charge in [-0.2, -0.15) is 0 Å². The number of aliphatic hydroxyl groups is 1. The lowest BCUT2D eigenvalue weighted by Gasteiger charge is -2.40. The summed E-state index contributed by atoms with van der Waals surface area (Å²) < 4.78 is -1.18. The van der Waals surface area contributed by atoms with E-state index < -0.39 is 33.4 Å². The molecule has 1 N–H and O–H groups in total. The standard InChI is InChI=1S/C33H47N3O4S/c1-7-10-20-34(18-8-2)31(40)28-33-17-16-32(6,41-33)26(27(33)30(39)36(28)25(22-37)23(4)5)29(38)35(19-9-3)21-24-14-12-11-13-15-24/h8-9,11-15,23,25-28,37H,2-3,7,10,16-22H2,1,4-6H3/t25-,26+,27-,28?,32-,33?/m0/s1. The average molecular weight is 582 g/mol. The predicted octanol–water partition coefficient (Wildman–Crippen LogP) is 4.51. The molecule has 3 fully saturated rings. The Hall–Kier alpha value is -2.58. The van der Waals surface area contributed by atoms with E-state index in [0.29, 0.717) is 32.6 Å². The second kappa shape index (κ2) is 12.7. The molecule has 3 aliphatic heterocycles. The van der Waals surface area contributed by atoms with Crippen molar-refractivity contribution in [2.45, 2.75) is 81.5 Å². The van der Waals surface area contributed by atoms with Crippen LogP contribution in [-0.4, -0.2) is 85.3 Å². The molecule has 6 atom stereocenters. The molecule has 4 rings (SSSR count). The number of carbonyl (C=O) groups excluding carboxylic acids is 3. The van der Waals surface area contributed by atoms with Crippen LogP contribution in [-0.2, 0) is 20.9 Å². The fourth-order valence-corrected chi connectivity index (χ4v) is 9.68. The first-order valence-electron chi connectivity index (χ1n) is 15.1. The highest BCUT2D eigenvalue weighted by atomic mass is 32.2. The highest BCUT2D eigenvalue weighted by Gasteiger charge is 2.78. The van der Waals surface area contributed by atoms with E-state index in [9.17, 15) is 19.5 Å². The molecule has 2 bridgehead atoms. The van der Waals surface area contributed by atoms with Crippen molar-refractivity contribution in [2.75, 3.05) is 26.2 Å². The molecule has 224 valence electrons. The van der Waals surface area contributed by atoms with Crippen LogP contribution in [0.2, 0.25) is 0 Å². The minimum Gasteiger partial charge on any atom is -0.394 e. The SMILES string of the molecule is C=CCN(CCCC)C(=O)C1N([C@@H](CO)C(C)C)C(=O)[C@@H]2[C@H](C(=O)N(CC=C)Cc3ccccc3)[C@]3(C)CCC12S3. The van der Waals surface area contributed by atoms with Crippen molar-refractivity contribution in [1.29, 1.82) is 0 Å². The van der Waals surface area contributed by atoms with Crippen LogP contribution < -0.4 is 0 Å². The fraction of sp³-hybridized carbons (Fsp3) is 0.606. The molecular weight excluding hydrogens is 534 g/mol. The largest absolute Gasteiger partial charge is 0.394 e. The Balaban J connectivity index is 1.79. The summed E-state index contributed by atoms with van der Waals surface area (Å²) >= 11 is 1.68. The van der Waals surface area contributed by atoms with Crippen LogP contribution >= 0.6 is 11.8 Å². The van der Waals surface area contributed by atoms with Gasteiger partial charge in [-0.1, -0.05) is 69.7 Å². The van der Waals surface area contributed by atoms with Crippen LogP contribution in [0.15, 0.2) is 55.6 Å². The number of carbonyl (C=O) groups is 3. The maximum atomic E-state index is 14.6. The van der Waals surface area contributed by atoms with Gasteiger partial charge < -0.3 is 19.8 Å². The van der Waals surface area contributed by atoms with E-state index in [1.165, 1.54) is 0 Å². The molecule has 0 saturated carbocycles. The van der Waals surface area contributed by atoms with E-state index in [1.807, 2.05) is 49.1 Å². The Bertz CT molecular complexity index is 1140. The molecule has 41 heavy (non-hydrogen) atoms. The molecule has 3 amide bonds. The minimum atomic E-state index is -0.733. The number of nitrogens with zero attached hydrogens (tertiary/aromatic N) is 3. The number of amides is 3. The Kier molecular flexibility index (Phi) is 9.74. The van der Waals surface area contributed by atoms with Crippen LogP contribution in [0.4, 0.5) is 0 Å². The number of unbranched alkanes of at least 4 members (excludes halogenated alkanes) is 1. The van der Waals surface area contributed by atoms with E-state index in [2.05, 4.69) is 27.0 Å². The van der Waals surface area contributed by atoms with Crippen LogP contribution in [0, 0.1) is 17.8 Å². The summed E-state index contributed by atoms with van der Waals surface area (Å²) in [5.74, 6) is -1.56. The molecule has 8 heteroatoms. The predicted molar refractivity (Wildman–Crippen MR) is 165 cm³/mol. The summed E-state index contributed by atoms with van der Waals surface area (Å²) in [4.78, 5) is 48.9. The summed E-state index contributed by atoms with van der Waals surface area (Å²) in [6.45, 7) is 17.5. The molecular formula is C33H47N3O4S. The minimum absolute atomic E-state index is 0.0553. The van der Waals surface area contributed by atoms with E-state index in [1.54, 1.807) is 33.7 Å². The van der Waals surface area contributed by atoms with Gasteiger partial charge in [0.1, 0.15) is 6.04 Å². The van der Waals surface area contributed by atoms with Crippen molar-refractivity contribution in [1.82, 2.24) is 14.7 Å². The lowest BCUT2D eigenvalue weighted by molar-refractivity contribution is -0.148. The number of aliphatic hydroxyl groups excluding tert-OH is 1. The zero-order valence-electron chi connectivity index (χ0n) is 25.1. The number of likely N-dealkylation sites (tertiary alicyclic amines) is 1. The maximum absolute atomic E-state index is 14.6. The Labute approximate surface area is 250 Å². The van der Waals surface area contributed by atoms with Crippen molar-refractivity contribution in [3.63, 3.8) is 0 Å². The zero-order chi connectivity index (χ0) is 29.9. The lowest BCUT2D eigenvalue weighted by Crippen LogP contribution is -2.58. The van der Waals surface area contributed by atoms with Gasteiger partial charge in [-0.15, -0.1) is 24.9 Å². The third-order valence-electron chi connectivity index (χ3n) is 9.35. The topological polar surface area (TPSA) is 81.2 Å². The molecule has 7 nitrogen and oxygen atoms in total. The molecule has 3 saturated heterocycles. The summed E-state index contributed by atoms with van der Waals surface area (Å²) in [6.07, 6.45) is 6.71. The van der Waals surface area contributed by atoms with Crippen molar-refractivity contribution < 1.29 is 19.5 Å². The second-order valence-corrected chi connectivity index (χ2v) is 14.3. The third kappa shape index (κ3) is 5.50. The maximum Gasteiger partial charge on any atom is 0.247 e. The van der Waals surface area contributed by atoms with Crippen LogP contribution in [0.25, 0.3) is 0 Å². The van der Waals surface area contributed by atoms with Gasteiger partial charge in [-0.3, -0.25) is 14.4 Å². The first kappa shape index (κ1) is 31.4. The molecule has 0 aromatic heterocycles. The van der Waals surface area contributed by atoms with E-state index in [4.69, 9.17) is 0 Å². The molecule has 3 aliphatic rings. The number of thioether (sulfide) groups is 1. The fourth-order valence-electron chi connectivity index (χ4n) is 7.35. The highest BCUT2D eigenvalue weighted by Crippen LogP contribution is 2.72. The Morgan fingerprint density at radius 2 is 1.78 bits per heavy atom. The van der Waals surface area contributed by atoms with Gasteiger partial charge >= 0.3 is 0 Å². The quantitative estimate of drug-likeness (QED) is 0.327. The molecule has 2 unspecified atom stereocenters. The highest BCUT2D eigenvalue weighted by molar-refractivity contribution is 8.02. The first-order chi connectivity index (χ1) is 19.6. The summed E-state index contributed by atoms with van der Waals surface area (Å²) in [5, 5.41) is 10.5. The van der Waals surface area contributed by atoms with Gasteiger partial charge in [0, 0.05) is 30.9 Å². The summed E-state index contributed by atoms with van der Waals surface area (Å²) in [5.41, 5.74) is 1.02. The van der Waals surface area contributed by atoms with Gasteiger partial charge in [-0.05, 0) is 37.7 Å². The summed E-state index contributed by atoms with van der Waals surface area (Å²) in [7, 11) is 0. The van der Waals surface area contributed by atoms with Crippen LogP contribution in [0.3, 0.4) is 0 Å². The smallest absolute Gasteiger partial charge is 0.247 e. The Morgan fingerprint density at radius 3 is 2.37 bits per heavy atom. The van der Waals surface area contributed by atoms with E-state index in [0.717, 1.165) is 24.8 Å². The molecule has 1 spiro atoms. The molecule has 1 aromatic carbocycles. The molecule has 3 heterocycles. The normalized spacial score (nSPS) is 29.0. The number of hydrogen-bond donors (Lipinski definition) is 1. The average Bonchev–Trinajstić information content (AvgIpc) is 3.52. The monoisotopic (exact) mass is 581 g/mol. The van der Waals surface area contributed by atoms with Crippen molar-refractivity contribution in [3.8, 4) is 0 Å². The molecule has 1 aromatic rings. The Morgan fingerprint density at radius 1 is 1.12 bits per heavy atom. The molecule has 0 aliphatic carbocycles. The zero-order valence-corrected chi connectivity index (χ0v) is 25.9. The summed E-state index contributed by atoms with van der Waals surface area (Å²) in [6, 6.07) is 8.62. The van der Waals surface area contributed by atoms with Gasteiger partial charge in [0.2, 0.25) is 17.7 Å². The van der Waals surface area contributed by atoms with Gasteiger partial charge in [-0.25, -0.2) is 0 Å². The van der Waals surface area contributed by atoms with Gasteiger partial charge in [0.25, 0.3) is 0 Å². The number of benzene rings is 1.